The van der Waals surface area contributed by atoms with E-state index in [1.807, 2.05) is 23.6 Å². The van der Waals surface area contributed by atoms with Gasteiger partial charge in [-0.15, -0.1) is 0 Å². The number of rotatable bonds is 4. The molecule has 2 heterocycles. The standard InChI is InChI=1S/C16H29N5O2/c1-6-20(7-2)15(22)21-10-8-19(9-11-21)12-13-17-14(18-23-13)16(3,4)5/h6-12H2,1-5H3. The van der Waals surface area contributed by atoms with Crippen LogP contribution < -0.4 is 0 Å². The van der Waals surface area contributed by atoms with Crippen molar-refractivity contribution in [3.63, 3.8) is 0 Å². The monoisotopic (exact) mass is 323 g/mol. The van der Waals surface area contributed by atoms with Gasteiger partial charge in [0.1, 0.15) is 0 Å². The summed E-state index contributed by atoms with van der Waals surface area (Å²) in [7, 11) is 0. The maximum absolute atomic E-state index is 12.3. The predicted octanol–water partition coefficient (Wildman–Crippen LogP) is 1.95. The van der Waals surface area contributed by atoms with Crippen molar-refractivity contribution < 1.29 is 9.32 Å². The molecule has 0 radical (unpaired) electrons. The van der Waals surface area contributed by atoms with Crippen LogP contribution in [0.2, 0.25) is 0 Å². The molecule has 7 nitrogen and oxygen atoms in total. The van der Waals surface area contributed by atoms with Crippen molar-refractivity contribution in [1.29, 1.82) is 0 Å². The minimum absolute atomic E-state index is 0.101. The SMILES string of the molecule is CCN(CC)C(=O)N1CCN(Cc2nc(C(C)(C)C)no2)CC1. The number of piperazine rings is 1. The van der Waals surface area contributed by atoms with E-state index in [9.17, 15) is 4.79 Å². The Kier molecular flexibility index (Phi) is 5.62. The van der Waals surface area contributed by atoms with Crippen molar-refractivity contribution in [2.75, 3.05) is 39.3 Å². The summed E-state index contributed by atoms with van der Waals surface area (Å²) in [5, 5.41) is 4.06. The molecule has 23 heavy (non-hydrogen) atoms. The van der Waals surface area contributed by atoms with Crippen molar-refractivity contribution in [3.05, 3.63) is 11.7 Å². The van der Waals surface area contributed by atoms with Crippen molar-refractivity contribution in [3.8, 4) is 0 Å². The Morgan fingerprint density at radius 1 is 1.17 bits per heavy atom. The zero-order valence-corrected chi connectivity index (χ0v) is 15.0. The Bertz CT molecular complexity index is 511. The Morgan fingerprint density at radius 3 is 2.26 bits per heavy atom. The van der Waals surface area contributed by atoms with E-state index in [0.29, 0.717) is 12.4 Å². The lowest BCUT2D eigenvalue weighted by Gasteiger charge is -2.36. The molecule has 0 atom stereocenters. The van der Waals surface area contributed by atoms with Gasteiger partial charge in [-0.05, 0) is 13.8 Å². The minimum Gasteiger partial charge on any atom is -0.338 e. The van der Waals surface area contributed by atoms with Crippen LogP contribution in [0.3, 0.4) is 0 Å². The summed E-state index contributed by atoms with van der Waals surface area (Å²) in [6, 6.07) is 0.141. The van der Waals surface area contributed by atoms with Gasteiger partial charge in [0, 0.05) is 44.7 Å². The Hall–Kier alpha value is -1.63. The van der Waals surface area contributed by atoms with Gasteiger partial charge in [-0.25, -0.2) is 4.79 Å². The highest BCUT2D eigenvalue weighted by Crippen LogP contribution is 2.19. The highest BCUT2D eigenvalue weighted by molar-refractivity contribution is 5.74. The number of hydrogen-bond acceptors (Lipinski definition) is 5. The molecule has 0 bridgehead atoms. The molecule has 1 aromatic rings. The van der Waals surface area contributed by atoms with Crippen LogP contribution in [0.5, 0.6) is 0 Å². The average Bonchev–Trinajstić information content (AvgIpc) is 2.98. The second-order valence-corrected chi connectivity index (χ2v) is 6.98. The van der Waals surface area contributed by atoms with Crippen molar-refractivity contribution in [2.45, 2.75) is 46.6 Å². The molecule has 1 aliphatic heterocycles. The molecule has 0 aliphatic carbocycles. The molecule has 2 rings (SSSR count). The van der Waals surface area contributed by atoms with Crippen LogP contribution in [0.4, 0.5) is 4.79 Å². The first kappa shape index (κ1) is 17.7. The van der Waals surface area contributed by atoms with E-state index in [1.54, 1.807) is 0 Å². The van der Waals surface area contributed by atoms with Crippen LogP contribution in [-0.4, -0.2) is 70.1 Å². The normalized spacial score (nSPS) is 16.7. The van der Waals surface area contributed by atoms with Crippen LogP contribution >= 0.6 is 0 Å². The second-order valence-electron chi connectivity index (χ2n) is 6.98. The molecule has 7 heteroatoms. The summed E-state index contributed by atoms with van der Waals surface area (Å²) >= 11 is 0. The van der Waals surface area contributed by atoms with E-state index in [2.05, 4.69) is 35.8 Å². The molecule has 1 aliphatic rings. The lowest BCUT2D eigenvalue weighted by Crippen LogP contribution is -2.52. The first-order valence-corrected chi connectivity index (χ1v) is 8.44. The third-order valence-corrected chi connectivity index (χ3v) is 4.17. The van der Waals surface area contributed by atoms with Gasteiger partial charge in [0.25, 0.3) is 0 Å². The summed E-state index contributed by atoms with van der Waals surface area (Å²) in [6.45, 7) is 15.6. The largest absolute Gasteiger partial charge is 0.338 e. The molecule has 2 amide bonds. The minimum atomic E-state index is -0.101. The van der Waals surface area contributed by atoms with E-state index in [0.717, 1.165) is 45.1 Å². The van der Waals surface area contributed by atoms with Crippen LogP contribution in [0.25, 0.3) is 0 Å². The summed E-state index contributed by atoms with van der Waals surface area (Å²) in [4.78, 5) is 22.9. The molecule has 1 aromatic heterocycles. The van der Waals surface area contributed by atoms with Gasteiger partial charge in [0.05, 0.1) is 6.54 Å². The first-order valence-electron chi connectivity index (χ1n) is 8.44. The molecule has 1 saturated heterocycles. The molecule has 0 spiro atoms. The fourth-order valence-electron chi connectivity index (χ4n) is 2.61. The summed E-state index contributed by atoms with van der Waals surface area (Å²) < 4.78 is 5.35. The molecule has 0 N–H and O–H groups in total. The van der Waals surface area contributed by atoms with Gasteiger partial charge in [0.2, 0.25) is 5.89 Å². The topological polar surface area (TPSA) is 65.7 Å². The van der Waals surface area contributed by atoms with Gasteiger partial charge >= 0.3 is 6.03 Å². The molecule has 0 saturated carbocycles. The number of aromatic nitrogens is 2. The zero-order valence-electron chi connectivity index (χ0n) is 15.0. The van der Waals surface area contributed by atoms with E-state index in [4.69, 9.17) is 4.52 Å². The van der Waals surface area contributed by atoms with Gasteiger partial charge < -0.3 is 14.3 Å². The van der Waals surface area contributed by atoms with Gasteiger partial charge in [-0.3, -0.25) is 4.90 Å². The molecular formula is C16H29N5O2. The average molecular weight is 323 g/mol. The number of amides is 2. The van der Waals surface area contributed by atoms with Gasteiger partial charge in [-0.1, -0.05) is 25.9 Å². The molecular weight excluding hydrogens is 294 g/mol. The fraction of sp³-hybridized carbons (Fsp3) is 0.812. The van der Waals surface area contributed by atoms with Crippen molar-refractivity contribution in [2.24, 2.45) is 0 Å². The number of nitrogens with zero attached hydrogens (tertiary/aromatic N) is 5. The second kappa shape index (κ2) is 7.29. The van der Waals surface area contributed by atoms with Gasteiger partial charge in [-0.2, -0.15) is 4.98 Å². The zero-order chi connectivity index (χ0) is 17.0. The predicted molar refractivity (Wildman–Crippen MR) is 88.2 cm³/mol. The third-order valence-electron chi connectivity index (χ3n) is 4.17. The summed E-state index contributed by atoms with van der Waals surface area (Å²) in [5.41, 5.74) is -0.101. The molecule has 0 aromatic carbocycles. The van der Waals surface area contributed by atoms with Gasteiger partial charge in [0.15, 0.2) is 5.82 Å². The highest BCUT2D eigenvalue weighted by atomic mass is 16.5. The molecule has 1 fully saturated rings. The third kappa shape index (κ3) is 4.43. The number of carbonyl (C=O) groups is 1. The van der Waals surface area contributed by atoms with Crippen LogP contribution in [0.15, 0.2) is 4.52 Å². The Morgan fingerprint density at radius 2 is 1.78 bits per heavy atom. The maximum atomic E-state index is 12.3. The van der Waals surface area contributed by atoms with Crippen LogP contribution in [0, 0.1) is 0 Å². The smallest absolute Gasteiger partial charge is 0.320 e. The fourth-order valence-corrected chi connectivity index (χ4v) is 2.61. The van der Waals surface area contributed by atoms with E-state index in [-0.39, 0.29) is 11.4 Å². The maximum Gasteiger partial charge on any atom is 0.320 e. The summed E-state index contributed by atoms with van der Waals surface area (Å²) in [6.07, 6.45) is 0. The number of carbonyl (C=O) groups excluding carboxylic acids is 1. The van der Waals surface area contributed by atoms with Crippen molar-refractivity contribution in [1.82, 2.24) is 24.8 Å². The Balaban J connectivity index is 1.85. The number of hydrogen-bond donors (Lipinski definition) is 0. The summed E-state index contributed by atoms with van der Waals surface area (Å²) in [5.74, 6) is 1.39. The first-order chi connectivity index (χ1) is 10.8. The molecule has 130 valence electrons. The van der Waals surface area contributed by atoms with E-state index < -0.39 is 0 Å². The van der Waals surface area contributed by atoms with Crippen molar-refractivity contribution >= 4 is 6.03 Å². The van der Waals surface area contributed by atoms with E-state index >= 15 is 0 Å². The lowest BCUT2D eigenvalue weighted by molar-refractivity contribution is 0.106. The quantitative estimate of drug-likeness (QED) is 0.847. The number of urea groups is 1. The Labute approximate surface area is 138 Å². The van der Waals surface area contributed by atoms with E-state index in [1.165, 1.54) is 0 Å². The molecule has 0 unspecified atom stereocenters. The van der Waals surface area contributed by atoms with Crippen LogP contribution in [0.1, 0.15) is 46.3 Å². The highest BCUT2D eigenvalue weighted by Gasteiger charge is 2.26. The lowest BCUT2D eigenvalue weighted by atomic mass is 9.96. The van der Waals surface area contributed by atoms with Crippen LogP contribution in [-0.2, 0) is 12.0 Å².